The van der Waals surface area contributed by atoms with Crippen molar-refractivity contribution in [3.05, 3.63) is 36.0 Å². The fraction of sp³-hybridized carbons (Fsp3) is 0.526. The van der Waals surface area contributed by atoms with E-state index < -0.39 is 0 Å². The van der Waals surface area contributed by atoms with Crippen molar-refractivity contribution in [1.82, 2.24) is 9.88 Å². The summed E-state index contributed by atoms with van der Waals surface area (Å²) in [5.41, 5.74) is 3.58. The van der Waals surface area contributed by atoms with Crippen LogP contribution in [0.15, 0.2) is 30.5 Å². The molecule has 23 heavy (non-hydrogen) atoms. The van der Waals surface area contributed by atoms with Gasteiger partial charge in [-0.1, -0.05) is 18.2 Å². The maximum absolute atomic E-state index is 6.09. The molecule has 1 aromatic carbocycles. The molecule has 1 atom stereocenters. The number of benzene rings is 1. The number of rotatable bonds is 5. The number of fused-ring (bicyclic) bond motifs is 3. The SMILES string of the molecule is c1ccc2c3c(cnc2c1)CC(OCCCN1CCCC1)CN3. The summed E-state index contributed by atoms with van der Waals surface area (Å²) >= 11 is 0. The molecule has 2 aliphatic rings. The van der Waals surface area contributed by atoms with Gasteiger partial charge >= 0.3 is 0 Å². The van der Waals surface area contributed by atoms with Gasteiger partial charge in [0.25, 0.3) is 0 Å². The Morgan fingerprint density at radius 1 is 1.22 bits per heavy atom. The van der Waals surface area contributed by atoms with Crippen LogP contribution in [0.2, 0.25) is 0 Å². The van der Waals surface area contributed by atoms with E-state index in [9.17, 15) is 0 Å². The molecule has 4 heteroatoms. The zero-order valence-electron chi connectivity index (χ0n) is 13.6. The molecule has 0 spiro atoms. The number of aromatic nitrogens is 1. The minimum atomic E-state index is 0.268. The van der Waals surface area contributed by atoms with Gasteiger partial charge in [-0.25, -0.2) is 0 Å². The average molecular weight is 311 g/mol. The maximum Gasteiger partial charge on any atom is 0.0788 e. The van der Waals surface area contributed by atoms with Crippen molar-refractivity contribution in [2.45, 2.75) is 31.8 Å². The van der Waals surface area contributed by atoms with Crippen molar-refractivity contribution >= 4 is 16.6 Å². The van der Waals surface area contributed by atoms with E-state index >= 15 is 0 Å². The fourth-order valence-corrected chi connectivity index (χ4v) is 3.74. The van der Waals surface area contributed by atoms with Crippen molar-refractivity contribution in [1.29, 1.82) is 0 Å². The fourth-order valence-electron chi connectivity index (χ4n) is 3.74. The second-order valence-electron chi connectivity index (χ2n) is 6.66. The van der Waals surface area contributed by atoms with Crippen molar-refractivity contribution in [2.75, 3.05) is 38.1 Å². The second kappa shape index (κ2) is 6.85. The van der Waals surface area contributed by atoms with Gasteiger partial charge in [0.1, 0.15) is 0 Å². The van der Waals surface area contributed by atoms with Crippen molar-refractivity contribution in [3.63, 3.8) is 0 Å². The van der Waals surface area contributed by atoms with E-state index in [1.165, 1.54) is 49.1 Å². The molecule has 2 aromatic rings. The lowest BCUT2D eigenvalue weighted by Gasteiger charge is -2.27. The van der Waals surface area contributed by atoms with Gasteiger partial charge in [0.05, 0.1) is 11.6 Å². The molecule has 1 saturated heterocycles. The Morgan fingerprint density at radius 2 is 2.09 bits per heavy atom. The lowest BCUT2D eigenvalue weighted by molar-refractivity contribution is 0.0546. The van der Waals surface area contributed by atoms with Gasteiger partial charge in [0.15, 0.2) is 0 Å². The van der Waals surface area contributed by atoms with Crippen LogP contribution in [0, 0.1) is 0 Å². The first-order valence-corrected chi connectivity index (χ1v) is 8.84. The lowest BCUT2D eigenvalue weighted by atomic mass is 10.00. The summed E-state index contributed by atoms with van der Waals surface area (Å²) in [6, 6.07) is 8.33. The Morgan fingerprint density at radius 3 is 3.00 bits per heavy atom. The summed E-state index contributed by atoms with van der Waals surface area (Å²) in [5.74, 6) is 0. The molecule has 1 aromatic heterocycles. The van der Waals surface area contributed by atoms with E-state index in [1.54, 1.807) is 0 Å². The topological polar surface area (TPSA) is 37.4 Å². The highest BCUT2D eigenvalue weighted by molar-refractivity contribution is 5.93. The predicted molar refractivity (Wildman–Crippen MR) is 94.0 cm³/mol. The molecular weight excluding hydrogens is 286 g/mol. The average Bonchev–Trinajstić information content (AvgIpc) is 3.12. The number of nitrogens with zero attached hydrogens (tertiary/aromatic N) is 2. The highest BCUT2D eigenvalue weighted by atomic mass is 16.5. The van der Waals surface area contributed by atoms with Crippen molar-refractivity contribution in [2.24, 2.45) is 0 Å². The summed E-state index contributed by atoms with van der Waals surface area (Å²) in [7, 11) is 0. The minimum Gasteiger partial charge on any atom is -0.382 e. The predicted octanol–water partition coefficient (Wildman–Crippen LogP) is 3.07. The highest BCUT2D eigenvalue weighted by Crippen LogP contribution is 2.30. The van der Waals surface area contributed by atoms with Crippen LogP contribution >= 0.6 is 0 Å². The monoisotopic (exact) mass is 311 g/mol. The van der Waals surface area contributed by atoms with E-state index in [1.807, 2.05) is 12.3 Å². The van der Waals surface area contributed by atoms with Crippen LogP contribution in [-0.2, 0) is 11.2 Å². The first-order chi connectivity index (χ1) is 11.4. The summed E-state index contributed by atoms with van der Waals surface area (Å²) in [5, 5.41) is 4.78. The molecular formula is C19H25N3O. The third-order valence-corrected chi connectivity index (χ3v) is 4.98. The van der Waals surface area contributed by atoms with Gasteiger partial charge < -0.3 is 15.0 Å². The first kappa shape index (κ1) is 14.9. The molecule has 4 rings (SSSR count). The molecule has 4 nitrogen and oxygen atoms in total. The summed E-state index contributed by atoms with van der Waals surface area (Å²) in [6.07, 6.45) is 7.10. The number of likely N-dealkylation sites (tertiary alicyclic amines) is 1. The molecule has 1 fully saturated rings. The zero-order chi connectivity index (χ0) is 15.5. The number of para-hydroxylation sites is 1. The van der Waals surface area contributed by atoms with E-state index in [-0.39, 0.29) is 6.10 Å². The third kappa shape index (κ3) is 3.33. The normalized spacial score (nSPS) is 21.3. The van der Waals surface area contributed by atoms with Crippen LogP contribution in [0.1, 0.15) is 24.8 Å². The largest absolute Gasteiger partial charge is 0.382 e. The number of anilines is 1. The number of ether oxygens (including phenoxy) is 1. The van der Waals surface area contributed by atoms with Gasteiger partial charge in [-0.2, -0.15) is 0 Å². The van der Waals surface area contributed by atoms with Crippen LogP contribution < -0.4 is 5.32 Å². The van der Waals surface area contributed by atoms with Crippen molar-refractivity contribution < 1.29 is 4.74 Å². The number of hydrogen-bond acceptors (Lipinski definition) is 4. The summed E-state index contributed by atoms with van der Waals surface area (Å²) < 4.78 is 6.09. The maximum atomic E-state index is 6.09. The van der Waals surface area contributed by atoms with Gasteiger partial charge in [-0.15, -0.1) is 0 Å². The van der Waals surface area contributed by atoms with Crippen LogP contribution in [0.25, 0.3) is 10.9 Å². The molecule has 1 unspecified atom stereocenters. The molecule has 0 amide bonds. The molecule has 3 heterocycles. The lowest BCUT2D eigenvalue weighted by Crippen LogP contribution is -2.31. The Hall–Kier alpha value is -1.65. The minimum absolute atomic E-state index is 0.268. The summed E-state index contributed by atoms with van der Waals surface area (Å²) in [4.78, 5) is 7.12. The standard InChI is InChI=1S/C19H25N3O/c1-2-7-18-17(6-1)19-15(13-20-18)12-16(14-21-19)23-11-5-10-22-8-3-4-9-22/h1-2,6-7,13,16,21H,3-5,8-12,14H2. The second-order valence-corrected chi connectivity index (χ2v) is 6.66. The Kier molecular flexibility index (Phi) is 4.44. The third-order valence-electron chi connectivity index (χ3n) is 4.98. The number of pyridine rings is 1. The van der Waals surface area contributed by atoms with Crippen LogP contribution in [0.3, 0.4) is 0 Å². The molecule has 0 bridgehead atoms. The van der Waals surface area contributed by atoms with E-state index in [0.29, 0.717) is 0 Å². The van der Waals surface area contributed by atoms with Gasteiger partial charge in [-0.05, 0) is 44.0 Å². The van der Waals surface area contributed by atoms with Crippen molar-refractivity contribution in [3.8, 4) is 0 Å². The molecule has 0 saturated carbocycles. The highest BCUT2D eigenvalue weighted by Gasteiger charge is 2.21. The zero-order valence-corrected chi connectivity index (χ0v) is 13.6. The molecule has 2 aliphatic heterocycles. The Balaban J connectivity index is 1.32. The smallest absolute Gasteiger partial charge is 0.0788 e. The molecule has 0 aliphatic carbocycles. The Bertz CT molecular complexity index is 667. The van der Waals surface area contributed by atoms with Crippen LogP contribution in [0.4, 0.5) is 5.69 Å². The van der Waals surface area contributed by atoms with E-state index in [2.05, 4.69) is 33.4 Å². The van der Waals surface area contributed by atoms with Crippen LogP contribution in [-0.4, -0.2) is 48.8 Å². The molecule has 122 valence electrons. The first-order valence-electron chi connectivity index (χ1n) is 8.84. The Labute approximate surface area is 137 Å². The number of nitrogens with one attached hydrogen (secondary N) is 1. The molecule has 0 radical (unpaired) electrons. The van der Waals surface area contributed by atoms with Gasteiger partial charge in [0.2, 0.25) is 0 Å². The number of hydrogen-bond donors (Lipinski definition) is 1. The van der Waals surface area contributed by atoms with Crippen LogP contribution in [0.5, 0.6) is 0 Å². The van der Waals surface area contributed by atoms with Gasteiger partial charge in [-0.3, -0.25) is 4.98 Å². The molecule has 1 N–H and O–H groups in total. The van der Waals surface area contributed by atoms with Gasteiger partial charge in [0, 0.05) is 43.4 Å². The quantitative estimate of drug-likeness (QED) is 0.861. The summed E-state index contributed by atoms with van der Waals surface area (Å²) in [6.45, 7) is 5.49. The van der Waals surface area contributed by atoms with E-state index in [0.717, 1.165) is 31.5 Å². The van der Waals surface area contributed by atoms with E-state index in [4.69, 9.17) is 4.74 Å².